The van der Waals surface area contributed by atoms with E-state index in [0.29, 0.717) is 18.8 Å². The molecule has 0 unspecified atom stereocenters. The Bertz CT molecular complexity index is 864. The maximum absolute atomic E-state index is 12.7. The molecule has 11 heteroatoms. The predicted molar refractivity (Wildman–Crippen MR) is 96.1 cm³/mol. The number of carbonyl (C=O) groups excluding carboxylic acids is 2. The fourth-order valence-corrected chi connectivity index (χ4v) is 5.23. The van der Waals surface area contributed by atoms with Gasteiger partial charge < -0.3 is 19.8 Å². The van der Waals surface area contributed by atoms with Gasteiger partial charge >= 0.3 is 11.8 Å². The molecule has 2 aromatic heterocycles. The summed E-state index contributed by atoms with van der Waals surface area (Å²) in [6.45, 7) is 0.614. The van der Waals surface area contributed by atoms with E-state index in [9.17, 15) is 18.0 Å². The highest BCUT2D eigenvalue weighted by Crippen LogP contribution is 2.25. The van der Waals surface area contributed by atoms with E-state index in [0.717, 1.165) is 11.3 Å². The standard InChI is InChI=1S/C16H19N3O6S2/c20-15(17-10-12-4-1-7-24-12)16(21)18-11-13-19(6-3-8-25-13)27(22,23)14-5-2-9-26-14/h1-2,4-5,7,9,13H,3,6,8,10-11H2,(H,17,20)(H,18,21)/t13-/m1/s1. The Kier molecular flexibility index (Phi) is 6.26. The zero-order chi connectivity index (χ0) is 19.3. The quantitative estimate of drug-likeness (QED) is 0.667. The number of hydrogen-bond donors (Lipinski definition) is 2. The van der Waals surface area contributed by atoms with Crippen molar-refractivity contribution >= 4 is 33.2 Å². The average Bonchev–Trinajstić information content (AvgIpc) is 3.38. The molecule has 2 aromatic rings. The highest BCUT2D eigenvalue weighted by molar-refractivity contribution is 7.91. The Labute approximate surface area is 160 Å². The average molecular weight is 413 g/mol. The molecule has 0 bridgehead atoms. The predicted octanol–water partition coefficient (Wildman–Crippen LogP) is 0.511. The normalized spacial score (nSPS) is 18.1. The number of carbonyl (C=O) groups is 2. The Balaban J connectivity index is 1.56. The smallest absolute Gasteiger partial charge is 0.309 e. The van der Waals surface area contributed by atoms with Gasteiger partial charge in [0, 0.05) is 6.54 Å². The second-order valence-electron chi connectivity index (χ2n) is 5.70. The summed E-state index contributed by atoms with van der Waals surface area (Å²) in [6, 6.07) is 6.51. The number of thiophene rings is 1. The van der Waals surface area contributed by atoms with E-state index in [1.54, 1.807) is 23.6 Å². The van der Waals surface area contributed by atoms with Gasteiger partial charge in [0.05, 0.1) is 26.0 Å². The molecule has 0 aliphatic carbocycles. The van der Waals surface area contributed by atoms with Crippen LogP contribution in [0.25, 0.3) is 0 Å². The van der Waals surface area contributed by atoms with Crippen molar-refractivity contribution in [1.82, 2.24) is 14.9 Å². The largest absolute Gasteiger partial charge is 0.467 e. The van der Waals surface area contributed by atoms with Crippen molar-refractivity contribution in [1.29, 1.82) is 0 Å². The van der Waals surface area contributed by atoms with Crippen molar-refractivity contribution in [2.45, 2.75) is 23.4 Å². The van der Waals surface area contributed by atoms with Gasteiger partial charge in [0.25, 0.3) is 10.0 Å². The van der Waals surface area contributed by atoms with Gasteiger partial charge in [0.1, 0.15) is 16.2 Å². The number of amides is 2. The molecule has 0 radical (unpaired) electrons. The van der Waals surface area contributed by atoms with Crippen LogP contribution in [0, 0.1) is 0 Å². The third-order valence-electron chi connectivity index (χ3n) is 3.86. The first kappa shape index (κ1) is 19.5. The molecule has 1 fully saturated rings. The van der Waals surface area contributed by atoms with E-state index in [2.05, 4.69) is 10.6 Å². The minimum Gasteiger partial charge on any atom is -0.467 e. The van der Waals surface area contributed by atoms with Gasteiger partial charge in [0.15, 0.2) is 0 Å². The fourth-order valence-electron chi connectivity index (χ4n) is 2.55. The number of furan rings is 1. The number of sulfonamides is 1. The van der Waals surface area contributed by atoms with Gasteiger partial charge in [-0.3, -0.25) is 9.59 Å². The minimum atomic E-state index is -3.71. The van der Waals surface area contributed by atoms with Gasteiger partial charge in [-0.05, 0) is 30.0 Å². The molecule has 3 rings (SSSR count). The second kappa shape index (κ2) is 8.65. The molecule has 146 valence electrons. The Morgan fingerprint density at radius 3 is 2.74 bits per heavy atom. The lowest BCUT2D eigenvalue weighted by atomic mass is 10.3. The van der Waals surface area contributed by atoms with Crippen LogP contribution in [-0.2, 0) is 30.9 Å². The lowest BCUT2D eigenvalue weighted by molar-refractivity contribution is -0.140. The summed E-state index contributed by atoms with van der Waals surface area (Å²) in [5.74, 6) is -1.20. The number of nitrogens with zero attached hydrogens (tertiary/aromatic N) is 1. The molecule has 1 aliphatic heterocycles. The first-order valence-corrected chi connectivity index (χ1v) is 10.6. The van der Waals surface area contributed by atoms with Gasteiger partial charge in [-0.25, -0.2) is 8.42 Å². The minimum absolute atomic E-state index is 0.0814. The molecule has 9 nitrogen and oxygen atoms in total. The summed E-state index contributed by atoms with van der Waals surface area (Å²) >= 11 is 1.11. The molecule has 1 atom stereocenters. The van der Waals surface area contributed by atoms with Crippen molar-refractivity contribution in [3.05, 3.63) is 41.7 Å². The Morgan fingerprint density at radius 2 is 2.04 bits per heavy atom. The van der Waals surface area contributed by atoms with Gasteiger partial charge in [0.2, 0.25) is 0 Å². The SMILES string of the molecule is O=C(NCc1ccco1)C(=O)NC[C@H]1OCCCN1S(=O)(=O)c1cccs1. The molecular formula is C16H19N3O6S2. The van der Waals surface area contributed by atoms with Gasteiger partial charge in [-0.2, -0.15) is 4.31 Å². The Hall–Kier alpha value is -2.21. The number of nitrogens with one attached hydrogen (secondary N) is 2. The van der Waals surface area contributed by atoms with Crippen molar-refractivity contribution in [3.63, 3.8) is 0 Å². The fraction of sp³-hybridized carbons (Fsp3) is 0.375. The molecule has 3 heterocycles. The third kappa shape index (κ3) is 4.75. The second-order valence-corrected chi connectivity index (χ2v) is 8.76. The number of ether oxygens (including phenoxy) is 1. The van der Waals surface area contributed by atoms with Crippen LogP contribution >= 0.6 is 11.3 Å². The summed E-state index contributed by atoms with van der Waals surface area (Å²) in [6.07, 6.45) is 1.15. The van der Waals surface area contributed by atoms with Crippen LogP contribution in [0.3, 0.4) is 0 Å². The van der Waals surface area contributed by atoms with E-state index in [4.69, 9.17) is 9.15 Å². The summed E-state index contributed by atoms with van der Waals surface area (Å²) in [4.78, 5) is 23.8. The summed E-state index contributed by atoms with van der Waals surface area (Å²) in [7, 11) is -3.71. The molecular weight excluding hydrogens is 394 g/mol. The van der Waals surface area contributed by atoms with Crippen LogP contribution < -0.4 is 10.6 Å². The first-order valence-electron chi connectivity index (χ1n) is 8.24. The number of hydrogen-bond acceptors (Lipinski definition) is 7. The highest BCUT2D eigenvalue weighted by atomic mass is 32.2. The maximum Gasteiger partial charge on any atom is 0.309 e. The van der Waals surface area contributed by atoms with Crippen molar-refractivity contribution < 1.29 is 27.2 Å². The zero-order valence-electron chi connectivity index (χ0n) is 14.3. The van der Waals surface area contributed by atoms with Crippen LogP contribution in [0.5, 0.6) is 0 Å². The van der Waals surface area contributed by atoms with E-state index in [1.807, 2.05) is 0 Å². The molecule has 0 spiro atoms. The summed E-state index contributed by atoms with van der Waals surface area (Å²) in [5, 5.41) is 6.52. The zero-order valence-corrected chi connectivity index (χ0v) is 15.9. The van der Waals surface area contributed by atoms with Crippen LogP contribution in [0.15, 0.2) is 44.5 Å². The van der Waals surface area contributed by atoms with Crippen molar-refractivity contribution in [3.8, 4) is 0 Å². The lowest BCUT2D eigenvalue weighted by Crippen LogP contribution is -2.52. The molecule has 1 saturated heterocycles. The van der Waals surface area contributed by atoms with E-state index in [-0.39, 0.29) is 23.8 Å². The molecule has 2 amide bonds. The van der Waals surface area contributed by atoms with Gasteiger partial charge in [-0.15, -0.1) is 11.3 Å². The van der Waals surface area contributed by atoms with E-state index in [1.165, 1.54) is 16.6 Å². The van der Waals surface area contributed by atoms with Crippen LogP contribution in [0.2, 0.25) is 0 Å². The van der Waals surface area contributed by atoms with Crippen LogP contribution in [-0.4, -0.2) is 50.5 Å². The molecule has 2 N–H and O–H groups in total. The van der Waals surface area contributed by atoms with Crippen LogP contribution in [0.4, 0.5) is 0 Å². The first-order chi connectivity index (χ1) is 13.0. The molecule has 27 heavy (non-hydrogen) atoms. The topological polar surface area (TPSA) is 118 Å². The van der Waals surface area contributed by atoms with Crippen molar-refractivity contribution in [2.75, 3.05) is 19.7 Å². The highest BCUT2D eigenvalue weighted by Gasteiger charge is 2.35. The molecule has 0 saturated carbocycles. The molecule has 0 aromatic carbocycles. The maximum atomic E-state index is 12.7. The van der Waals surface area contributed by atoms with E-state index >= 15 is 0 Å². The van der Waals surface area contributed by atoms with Gasteiger partial charge in [-0.1, -0.05) is 6.07 Å². The monoisotopic (exact) mass is 413 g/mol. The molecule has 1 aliphatic rings. The third-order valence-corrected chi connectivity index (χ3v) is 7.12. The van der Waals surface area contributed by atoms with Crippen molar-refractivity contribution in [2.24, 2.45) is 0 Å². The Morgan fingerprint density at radius 1 is 1.22 bits per heavy atom. The number of rotatable bonds is 6. The summed E-state index contributed by atoms with van der Waals surface area (Å²) < 4.78 is 37.5. The lowest BCUT2D eigenvalue weighted by Gasteiger charge is -2.34. The van der Waals surface area contributed by atoms with E-state index < -0.39 is 28.1 Å². The summed E-state index contributed by atoms with van der Waals surface area (Å²) in [5.41, 5.74) is 0. The van der Waals surface area contributed by atoms with Crippen LogP contribution in [0.1, 0.15) is 12.2 Å².